The van der Waals surface area contributed by atoms with Crippen LogP contribution in [0.1, 0.15) is 69.8 Å². The average molecular weight is 650 g/mol. The van der Waals surface area contributed by atoms with Crippen LogP contribution in [0.5, 0.6) is 5.88 Å². The van der Waals surface area contributed by atoms with Crippen LogP contribution in [0.4, 0.5) is 0 Å². The number of carbonyl (C=O) groups is 3. The Morgan fingerprint density at radius 3 is 2.49 bits per heavy atom. The van der Waals surface area contributed by atoms with Crippen LogP contribution in [0.15, 0.2) is 58.3 Å². The van der Waals surface area contributed by atoms with Crippen LogP contribution in [0, 0.1) is 0 Å². The summed E-state index contributed by atoms with van der Waals surface area (Å²) in [6, 6.07) is 7.86. The van der Waals surface area contributed by atoms with E-state index in [1.54, 1.807) is 18.5 Å². The number of hydrazine groups is 1. The van der Waals surface area contributed by atoms with E-state index in [2.05, 4.69) is 31.6 Å². The molecule has 0 amide bonds. The van der Waals surface area contributed by atoms with Crippen LogP contribution < -0.4 is 26.8 Å². The summed E-state index contributed by atoms with van der Waals surface area (Å²) in [5, 5.41) is 19.4. The molecule has 0 fully saturated rings. The third-order valence-electron chi connectivity index (χ3n) is 6.74. The molecule has 15 nitrogen and oxygen atoms in total. The number of nitrogens with zero attached hydrogens (tertiary/aromatic N) is 4. The lowest BCUT2D eigenvalue weighted by Gasteiger charge is -2.22. The number of hydrogen-bond donors (Lipinski definition) is 5. The number of hydrogen-bond acceptors (Lipinski definition) is 11. The molecule has 0 aliphatic rings. The first-order chi connectivity index (χ1) is 22.3. The van der Waals surface area contributed by atoms with Crippen molar-refractivity contribution in [1.29, 1.82) is 0 Å². The Bertz CT molecular complexity index is 1770. The van der Waals surface area contributed by atoms with E-state index in [0.29, 0.717) is 11.4 Å². The maximum atomic E-state index is 13.0. The number of aromatic nitrogens is 4. The number of H-pyrrole nitrogens is 2. The standard InChI is InChI=1S/C32H39N7O8/c1-32(2,3)28-22(35-18-36-28)16-24-30(38-23(29(43)37-24)15-20-9-6-5-7-10-20)47-19-46-27(42)12-8-11-21(34-4)17-39(33)25(31(44)45)13-14-26(40)41/h5-7,9-10,15-18,25H,4,8,11-14,19,33H2,1-3H3,(H,35,36)(H,37,43)(H,40,41)(H,44,45)/b21-17-,23-15-,24-16-. The number of carbonyl (C=O) groups excluding carboxylic acids is 1. The number of benzene rings is 1. The van der Waals surface area contributed by atoms with E-state index in [0.717, 1.165) is 16.3 Å². The quantitative estimate of drug-likeness (QED) is 0.0490. The van der Waals surface area contributed by atoms with Crippen LogP contribution in [-0.2, 0) is 24.5 Å². The lowest BCUT2D eigenvalue weighted by atomic mass is 9.90. The molecule has 0 saturated carbocycles. The summed E-state index contributed by atoms with van der Waals surface area (Å²) in [7, 11) is 0. The van der Waals surface area contributed by atoms with Crippen molar-refractivity contribution in [3.63, 3.8) is 0 Å². The smallest absolute Gasteiger partial charge is 0.327 e. The van der Waals surface area contributed by atoms with Crippen molar-refractivity contribution >= 4 is 36.8 Å². The van der Waals surface area contributed by atoms with Gasteiger partial charge in [0.25, 0.3) is 5.56 Å². The minimum Gasteiger partial charge on any atom is -0.481 e. The van der Waals surface area contributed by atoms with Gasteiger partial charge in [0.1, 0.15) is 16.7 Å². The molecule has 0 radical (unpaired) electrons. The second kappa shape index (κ2) is 16.7. The molecular formula is C32H39N7O8. The first-order valence-corrected chi connectivity index (χ1v) is 14.6. The van der Waals surface area contributed by atoms with Crippen molar-refractivity contribution in [3.05, 3.63) is 86.6 Å². The molecule has 250 valence electrons. The number of rotatable bonds is 16. The van der Waals surface area contributed by atoms with Crippen LogP contribution in [-0.4, -0.2) is 72.6 Å². The fourth-order valence-corrected chi connectivity index (χ4v) is 4.37. The first-order valence-electron chi connectivity index (χ1n) is 14.6. The van der Waals surface area contributed by atoms with E-state index in [-0.39, 0.29) is 54.1 Å². The third kappa shape index (κ3) is 11.1. The summed E-state index contributed by atoms with van der Waals surface area (Å²) >= 11 is 0. The molecule has 2 aromatic heterocycles. The Morgan fingerprint density at radius 2 is 1.85 bits per heavy atom. The zero-order valence-electron chi connectivity index (χ0n) is 26.4. The lowest BCUT2D eigenvalue weighted by molar-refractivity contribution is -0.150. The highest BCUT2D eigenvalue weighted by atomic mass is 16.7. The highest BCUT2D eigenvalue weighted by molar-refractivity contribution is 5.75. The van der Waals surface area contributed by atoms with E-state index in [1.807, 2.05) is 51.1 Å². The van der Waals surface area contributed by atoms with Crippen molar-refractivity contribution < 1.29 is 34.1 Å². The third-order valence-corrected chi connectivity index (χ3v) is 6.74. The number of aliphatic carboxylic acids is 2. The summed E-state index contributed by atoms with van der Waals surface area (Å²) in [4.78, 5) is 66.3. The molecular weight excluding hydrogens is 610 g/mol. The van der Waals surface area contributed by atoms with Gasteiger partial charge in [-0.25, -0.2) is 20.6 Å². The molecule has 47 heavy (non-hydrogen) atoms. The van der Waals surface area contributed by atoms with Crippen LogP contribution in [0.3, 0.4) is 0 Å². The Morgan fingerprint density at radius 1 is 1.13 bits per heavy atom. The largest absolute Gasteiger partial charge is 0.481 e. The molecule has 3 aromatic rings. The summed E-state index contributed by atoms with van der Waals surface area (Å²) < 4.78 is 11.0. The van der Waals surface area contributed by atoms with Crippen LogP contribution in [0.25, 0.3) is 12.2 Å². The topological polar surface area (TPSA) is 226 Å². The fraction of sp³-hybridized carbons (Fsp3) is 0.344. The van der Waals surface area contributed by atoms with Gasteiger partial charge >= 0.3 is 17.9 Å². The summed E-state index contributed by atoms with van der Waals surface area (Å²) in [6.07, 6.45) is 5.84. The highest BCUT2D eigenvalue weighted by Gasteiger charge is 2.23. The summed E-state index contributed by atoms with van der Waals surface area (Å²) in [5.74, 6) is 2.80. The van der Waals surface area contributed by atoms with Gasteiger partial charge in [-0.2, -0.15) is 0 Å². The summed E-state index contributed by atoms with van der Waals surface area (Å²) in [5.41, 5.74) is 1.72. The Hall–Kier alpha value is -5.57. The molecule has 0 aliphatic heterocycles. The van der Waals surface area contributed by atoms with Crippen LogP contribution in [0.2, 0.25) is 0 Å². The van der Waals surface area contributed by atoms with E-state index < -0.39 is 36.3 Å². The minimum atomic E-state index is -1.29. The van der Waals surface area contributed by atoms with Gasteiger partial charge in [-0.1, -0.05) is 51.1 Å². The predicted molar refractivity (Wildman–Crippen MR) is 172 cm³/mol. The predicted octanol–water partition coefficient (Wildman–Crippen LogP) is 1.53. The minimum absolute atomic E-state index is 0.0161. The molecule has 2 heterocycles. The molecule has 3 rings (SSSR count). The zero-order valence-corrected chi connectivity index (χ0v) is 26.4. The summed E-state index contributed by atoms with van der Waals surface area (Å²) in [6.45, 7) is 8.98. The fourth-order valence-electron chi connectivity index (χ4n) is 4.37. The number of esters is 1. The number of carboxylic acid groups (broad SMARTS) is 2. The maximum Gasteiger partial charge on any atom is 0.327 e. The first kappa shape index (κ1) is 35.9. The highest BCUT2D eigenvalue weighted by Crippen LogP contribution is 2.23. The second-order valence-corrected chi connectivity index (χ2v) is 11.4. The van der Waals surface area contributed by atoms with Gasteiger partial charge in [0.2, 0.25) is 12.7 Å². The molecule has 0 spiro atoms. The van der Waals surface area contributed by atoms with Gasteiger partial charge in [-0.3, -0.25) is 19.4 Å². The van der Waals surface area contributed by atoms with Gasteiger partial charge < -0.3 is 34.7 Å². The van der Waals surface area contributed by atoms with Gasteiger partial charge in [0.15, 0.2) is 0 Å². The number of imidazole rings is 1. The van der Waals surface area contributed by atoms with Crippen molar-refractivity contribution in [2.45, 2.75) is 64.3 Å². The van der Waals surface area contributed by atoms with Gasteiger partial charge in [-0.05, 0) is 43.7 Å². The van der Waals surface area contributed by atoms with E-state index in [4.69, 9.17) is 20.4 Å². The molecule has 0 saturated heterocycles. The molecule has 0 aliphatic carbocycles. The van der Waals surface area contributed by atoms with Gasteiger partial charge in [0, 0.05) is 30.2 Å². The van der Waals surface area contributed by atoms with Gasteiger partial charge in [0.05, 0.1) is 17.7 Å². The molecule has 15 heteroatoms. The van der Waals surface area contributed by atoms with E-state index in [1.165, 1.54) is 6.20 Å². The number of ether oxygens (including phenoxy) is 2. The Balaban J connectivity index is 1.72. The SMILES string of the molecule is C=N/C(=C\N(N)C(CCC(=O)O)C(=O)O)CCCC(=O)OCOc1n/c(=C\c2ccccc2)c(=O)[nH]/c1=C\c1nc[nH]c1C(C)(C)C. The number of nitrogens with one attached hydrogen (secondary N) is 2. The lowest BCUT2D eigenvalue weighted by Crippen LogP contribution is -2.42. The average Bonchev–Trinajstić information content (AvgIpc) is 3.48. The second-order valence-electron chi connectivity index (χ2n) is 11.4. The maximum absolute atomic E-state index is 13.0. The molecule has 1 aromatic carbocycles. The normalized spacial score (nSPS) is 13.2. The Kier molecular flexibility index (Phi) is 12.7. The number of allylic oxidation sites excluding steroid dienone is 1. The monoisotopic (exact) mass is 649 g/mol. The van der Waals surface area contributed by atoms with Crippen molar-refractivity contribution in [1.82, 2.24) is 24.9 Å². The molecule has 1 unspecified atom stereocenters. The number of aliphatic imine (C=N–C) groups is 1. The number of aromatic amines is 2. The van der Waals surface area contributed by atoms with E-state index in [9.17, 15) is 24.3 Å². The van der Waals surface area contributed by atoms with Crippen molar-refractivity contribution in [2.24, 2.45) is 10.8 Å². The van der Waals surface area contributed by atoms with Crippen molar-refractivity contribution in [3.8, 4) is 5.88 Å². The van der Waals surface area contributed by atoms with Crippen molar-refractivity contribution in [2.75, 3.05) is 6.79 Å². The van der Waals surface area contributed by atoms with Gasteiger partial charge in [-0.15, -0.1) is 0 Å². The molecule has 6 N–H and O–H groups in total. The van der Waals surface area contributed by atoms with E-state index >= 15 is 0 Å². The number of carboxylic acids is 2. The molecule has 0 bridgehead atoms. The molecule has 1 atom stereocenters. The zero-order chi connectivity index (χ0) is 34.6. The Labute approximate surface area is 270 Å². The van der Waals surface area contributed by atoms with Crippen LogP contribution >= 0.6 is 0 Å². The number of nitrogens with two attached hydrogens (primary N) is 1.